The number of para-hydroxylation sites is 1. The fourth-order valence-corrected chi connectivity index (χ4v) is 4.71. The van der Waals surface area contributed by atoms with Crippen LogP contribution in [0.2, 0.25) is 5.02 Å². The zero-order valence-electron chi connectivity index (χ0n) is 17.1. The summed E-state index contributed by atoms with van der Waals surface area (Å²) >= 11 is 7.47. The van der Waals surface area contributed by atoms with E-state index in [0.29, 0.717) is 40.1 Å². The summed E-state index contributed by atoms with van der Waals surface area (Å²) in [5, 5.41) is 9.71. The molecule has 0 N–H and O–H groups in total. The van der Waals surface area contributed by atoms with Gasteiger partial charge in [-0.05, 0) is 30.3 Å². The van der Waals surface area contributed by atoms with Crippen molar-refractivity contribution >= 4 is 46.1 Å². The number of carbonyl (C=O) groups excluding carboxylic acids is 1. The molecule has 32 heavy (non-hydrogen) atoms. The molecule has 162 valence electrons. The molecule has 3 heterocycles. The second-order valence-electron chi connectivity index (χ2n) is 7.32. The van der Waals surface area contributed by atoms with Gasteiger partial charge in [-0.1, -0.05) is 52.8 Å². The molecule has 4 aromatic rings. The van der Waals surface area contributed by atoms with E-state index in [4.69, 9.17) is 11.6 Å². The smallest absolute Gasteiger partial charge is 0.233 e. The van der Waals surface area contributed by atoms with E-state index in [1.54, 1.807) is 16.8 Å². The number of rotatable bonds is 5. The molecular formula is C22H20ClN7OS. The third kappa shape index (κ3) is 4.26. The number of hydrogen-bond acceptors (Lipinski definition) is 7. The summed E-state index contributed by atoms with van der Waals surface area (Å²) in [6.45, 7) is 3.06. The van der Waals surface area contributed by atoms with E-state index in [1.807, 2.05) is 35.2 Å². The Morgan fingerprint density at radius 2 is 1.75 bits per heavy atom. The van der Waals surface area contributed by atoms with E-state index < -0.39 is 0 Å². The van der Waals surface area contributed by atoms with Gasteiger partial charge < -0.3 is 9.80 Å². The van der Waals surface area contributed by atoms with Gasteiger partial charge in [0.25, 0.3) is 0 Å². The highest BCUT2D eigenvalue weighted by Gasteiger charge is 2.22. The van der Waals surface area contributed by atoms with Gasteiger partial charge in [-0.3, -0.25) is 4.79 Å². The standard InChI is InChI=1S/C22H20ClN7OS/c23-16-5-4-8-18(13-16)30-21-20(26-27-30)22(25-15-24-21)32-14-19(31)29-11-9-28(10-12-29)17-6-2-1-3-7-17/h1-8,13,15H,9-12,14H2. The van der Waals surface area contributed by atoms with Crippen LogP contribution in [0.3, 0.4) is 0 Å². The van der Waals surface area contributed by atoms with E-state index in [1.165, 1.54) is 23.8 Å². The molecule has 0 radical (unpaired) electrons. The zero-order chi connectivity index (χ0) is 21.9. The first-order valence-electron chi connectivity index (χ1n) is 10.2. The number of hydrogen-bond donors (Lipinski definition) is 0. The van der Waals surface area contributed by atoms with Gasteiger partial charge in [0.05, 0.1) is 11.4 Å². The Balaban J connectivity index is 1.24. The van der Waals surface area contributed by atoms with Crippen molar-refractivity contribution in [2.24, 2.45) is 0 Å². The number of carbonyl (C=O) groups is 1. The fraction of sp³-hybridized carbons (Fsp3) is 0.227. The van der Waals surface area contributed by atoms with Gasteiger partial charge in [0.15, 0.2) is 11.2 Å². The van der Waals surface area contributed by atoms with E-state index >= 15 is 0 Å². The molecule has 0 atom stereocenters. The highest BCUT2D eigenvalue weighted by molar-refractivity contribution is 8.00. The summed E-state index contributed by atoms with van der Waals surface area (Å²) in [6.07, 6.45) is 1.47. The second-order valence-corrected chi connectivity index (χ2v) is 8.72. The molecule has 1 amide bonds. The molecule has 0 bridgehead atoms. The maximum Gasteiger partial charge on any atom is 0.233 e. The van der Waals surface area contributed by atoms with Gasteiger partial charge in [-0.2, -0.15) is 4.68 Å². The molecule has 1 fully saturated rings. The molecule has 1 aliphatic heterocycles. The maximum atomic E-state index is 12.8. The van der Waals surface area contributed by atoms with Gasteiger partial charge in [-0.25, -0.2) is 9.97 Å². The van der Waals surface area contributed by atoms with Crippen molar-refractivity contribution < 1.29 is 4.79 Å². The predicted octanol–water partition coefficient (Wildman–Crippen LogP) is 3.30. The lowest BCUT2D eigenvalue weighted by Gasteiger charge is -2.36. The van der Waals surface area contributed by atoms with E-state index in [9.17, 15) is 4.79 Å². The Kier molecular flexibility index (Phi) is 5.91. The van der Waals surface area contributed by atoms with Crippen molar-refractivity contribution in [3.8, 4) is 5.69 Å². The molecule has 0 unspecified atom stereocenters. The van der Waals surface area contributed by atoms with E-state index in [-0.39, 0.29) is 5.91 Å². The summed E-state index contributed by atoms with van der Waals surface area (Å²) in [5.74, 6) is 0.387. The molecule has 10 heteroatoms. The minimum absolute atomic E-state index is 0.0942. The first-order valence-corrected chi connectivity index (χ1v) is 11.6. The summed E-state index contributed by atoms with van der Waals surface area (Å²) in [7, 11) is 0. The Morgan fingerprint density at radius 3 is 2.53 bits per heavy atom. The highest BCUT2D eigenvalue weighted by Crippen LogP contribution is 2.25. The third-order valence-electron chi connectivity index (χ3n) is 5.34. The average Bonchev–Trinajstić information content (AvgIpc) is 3.28. The lowest BCUT2D eigenvalue weighted by molar-refractivity contribution is -0.128. The van der Waals surface area contributed by atoms with Crippen LogP contribution in [-0.4, -0.2) is 67.7 Å². The van der Waals surface area contributed by atoms with Crippen LogP contribution in [0.25, 0.3) is 16.9 Å². The molecule has 5 rings (SSSR count). The molecule has 1 aliphatic rings. The van der Waals surface area contributed by atoms with Crippen molar-refractivity contribution in [3.05, 3.63) is 65.9 Å². The zero-order valence-corrected chi connectivity index (χ0v) is 18.7. The lowest BCUT2D eigenvalue weighted by atomic mass is 10.2. The van der Waals surface area contributed by atoms with Crippen LogP contribution in [0.1, 0.15) is 0 Å². The number of anilines is 1. The fourth-order valence-electron chi connectivity index (χ4n) is 3.69. The summed E-state index contributed by atoms with van der Waals surface area (Å²) < 4.78 is 1.62. The second kappa shape index (κ2) is 9.13. The van der Waals surface area contributed by atoms with Crippen LogP contribution >= 0.6 is 23.4 Å². The molecule has 0 aliphatic carbocycles. The maximum absolute atomic E-state index is 12.8. The number of amides is 1. The topological polar surface area (TPSA) is 80.0 Å². The lowest BCUT2D eigenvalue weighted by Crippen LogP contribution is -2.49. The van der Waals surface area contributed by atoms with Crippen molar-refractivity contribution in [1.29, 1.82) is 0 Å². The van der Waals surface area contributed by atoms with Gasteiger partial charge in [0.1, 0.15) is 11.4 Å². The van der Waals surface area contributed by atoms with Crippen LogP contribution in [-0.2, 0) is 4.79 Å². The van der Waals surface area contributed by atoms with Crippen molar-refractivity contribution in [3.63, 3.8) is 0 Å². The average molecular weight is 466 g/mol. The Bertz CT molecular complexity index is 1240. The van der Waals surface area contributed by atoms with Crippen LogP contribution in [0, 0.1) is 0 Å². The molecule has 0 spiro atoms. The molecule has 0 saturated carbocycles. The quantitative estimate of drug-likeness (QED) is 0.330. The van der Waals surface area contributed by atoms with Gasteiger partial charge in [-0.15, -0.1) is 5.10 Å². The number of nitrogens with zero attached hydrogens (tertiary/aromatic N) is 7. The number of benzene rings is 2. The molecule has 1 saturated heterocycles. The normalized spacial score (nSPS) is 14.2. The first-order chi connectivity index (χ1) is 15.7. The number of thioether (sulfide) groups is 1. The van der Waals surface area contributed by atoms with Crippen molar-refractivity contribution in [1.82, 2.24) is 29.9 Å². The Labute approximate surface area is 194 Å². The third-order valence-corrected chi connectivity index (χ3v) is 6.54. The predicted molar refractivity (Wildman–Crippen MR) is 125 cm³/mol. The minimum Gasteiger partial charge on any atom is -0.368 e. The number of aromatic nitrogens is 5. The van der Waals surface area contributed by atoms with Gasteiger partial charge in [0, 0.05) is 36.9 Å². The SMILES string of the molecule is O=C(CSc1ncnc2c1nnn2-c1cccc(Cl)c1)N1CCN(c2ccccc2)CC1. The Hall–Kier alpha value is -3.17. The Morgan fingerprint density at radius 1 is 0.969 bits per heavy atom. The van der Waals surface area contributed by atoms with Crippen molar-refractivity contribution in [2.45, 2.75) is 5.03 Å². The number of fused-ring (bicyclic) bond motifs is 1. The minimum atomic E-state index is 0.0942. The van der Waals surface area contributed by atoms with Crippen molar-refractivity contribution in [2.75, 3.05) is 36.8 Å². The van der Waals surface area contributed by atoms with Crippen LogP contribution in [0.15, 0.2) is 66.0 Å². The van der Waals surface area contributed by atoms with Gasteiger partial charge in [0.2, 0.25) is 5.91 Å². The largest absolute Gasteiger partial charge is 0.368 e. The first kappa shape index (κ1) is 20.7. The van der Waals surface area contributed by atoms with Crippen LogP contribution < -0.4 is 4.90 Å². The summed E-state index contributed by atoms with van der Waals surface area (Å²) in [5.41, 5.74) is 3.11. The number of halogens is 1. The molecular weight excluding hydrogens is 446 g/mol. The van der Waals surface area contributed by atoms with E-state index in [0.717, 1.165) is 18.8 Å². The van der Waals surface area contributed by atoms with E-state index in [2.05, 4.69) is 37.3 Å². The molecule has 2 aromatic heterocycles. The van der Waals surface area contributed by atoms with Crippen LogP contribution in [0.4, 0.5) is 5.69 Å². The molecule has 2 aromatic carbocycles. The number of piperazine rings is 1. The van der Waals surface area contributed by atoms with Gasteiger partial charge >= 0.3 is 0 Å². The molecule has 8 nitrogen and oxygen atoms in total. The summed E-state index contributed by atoms with van der Waals surface area (Å²) in [4.78, 5) is 25.7. The monoisotopic (exact) mass is 465 g/mol. The highest BCUT2D eigenvalue weighted by atomic mass is 35.5. The van der Waals surface area contributed by atoms with Crippen LogP contribution in [0.5, 0.6) is 0 Å². The summed E-state index contributed by atoms with van der Waals surface area (Å²) in [6, 6.07) is 17.6.